The van der Waals surface area contributed by atoms with Gasteiger partial charge in [0.1, 0.15) is 0 Å². The van der Waals surface area contributed by atoms with Crippen LogP contribution in [-0.2, 0) is 10.3 Å². The van der Waals surface area contributed by atoms with Crippen LogP contribution in [0, 0.1) is 0 Å². The monoisotopic (exact) mass is 410 g/mol. The fourth-order valence-corrected chi connectivity index (χ4v) is 2.46. The predicted molar refractivity (Wildman–Crippen MR) is 80.4 cm³/mol. The van der Waals surface area contributed by atoms with Crippen LogP contribution in [0.15, 0.2) is 24.3 Å². The van der Waals surface area contributed by atoms with E-state index in [1.807, 2.05) is 13.8 Å². The number of rotatable bonds is 7. The van der Waals surface area contributed by atoms with Crippen LogP contribution in [0.25, 0.3) is 0 Å². The Balaban J connectivity index is 3.30. The summed E-state index contributed by atoms with van der Waals surface area (Å²) in [7, 11) is 0.868. The van der Waals surface area contributed by atoms with Crippen LogP contribution in [0.4, 0.5) is 39.5 Å². The van der Waals surface area contributed by atoms with Crippen LogP contribution in [0.1, 0.15) is 44.2 Å². The molecule has 0 aliphatic rings. The number of hydrogen-bond donors (Lipinski definition) is 0. The number of halogens is 9. The summed E-state index contributed by atoms with van der Waals surface area (Å²) < 4.78 is 123. The first kappa shape index (κ1) is 23.6. The average molecular weight is 410 g/mol. The van der Waals surface area contributed by atoms with Gasteiger partial charge in [0.2, 0.25) is 0 Å². The summed E-state index contributed by atoms with van der Waals surface area (Å²) in [5.41, 5.74) is -1.53. The molecule has 10 heteroatoms. The van der Waals surface area contributed by atoms with Crippen molar-refractivity contribution in [2.45, 2.75) is 62.7 Å². The van der Waals surface area contributed by atoms with Crippen LogP contribution in [-0.4, -0.2) is 31.1 Å². The first-order valence-electron chi connectivity index (χ1n) is 7.79. The lowest BCUT2D eigenvalue weighted by atomic mass is 9.85. The maximum Gasteiger partial charge on any atom is 0.460 e. The Kier molecular flexibility index (Phi) is 6.27. The highest BCUT2D eigenvalue weighted by Crippen LogP contribution is 2.56. The molecule has 1 aromatic carbocycles. The van der Waals surface area contributed by atoms with Crippen molar-refractivity contribution in [2.24, 2.45) is 0 Å². The number of benzene rings is 1. The van der Waals surface area contributed by atoms with Crippen molar-refractivity contribution in [3.63, 3.8) is 0 Å². The molecule has 1 unspecified atom stereocenters. The van der Waals surface area contributed by atoms with Gasteiger partial charge < -0.3 is 4.74 Å². The minimum Gasteiger partial charge on any atom is -0.374 e. The Morgan fingerprint density at radius 3 is 1.59 bits per heavy atom. The van der Waals surface area contributed by atoms with Gasteiger partial charge in [-0.3, -0.25) is 0 Å². The van der Waals surface area contributed by atoms with Gasteiger partial charge in [-0.2, -0.15) is 39.5 Å². The molecule has 0 amide bonds. The lowest BCUT2D eigenvalue weighted by Gasteiger charge is -2.38. The molecule has 0 aliphatic heterocycles. The van der Waals surface area contributed by atoms with Crippen LogP contribution < -0.4 is 0 Å². The minimum atomic E-state index is -6.92. The molecule has 0 saturated heterocycles. The van der Waals surface area contributed by atoms with E-state index in [1.165, 1.54) is 24.3 Å². The molecular weight excluding hydrogens is 391 g/mol. The van der Waals surface area contributed by atoms with E-state index in [1.54, 1.807) is 0 Å². The van der Waals surface area contributed by atoms with Gasteiger partial charge in [0.25, 0.3) is 0 Å². The van der Waals surface area contributed by atoms with Gasteiger partial charge in [0.05, 0.1) is 12.0 Å². The second-order valence-corrected chi connectivity index (χ2v) is 6.74. The maximum absolute atomic E-state index is 14.0. The molecule has 1 aromatic rings. The number of alkyl halides is 9. The first-order valence-corrected chi connectivity index (χ1v) is 7.79. The third-order valence-electron chi connectivity index (χ3n) is 4.41. The van der Waals surface area contributed by atoms with Gasteiger partial charge in [0, 0.05) is 7.11 Å². The van der Waals surface area contributed by atoms with Crippen molar-refractivity contribution in [3.05, 3.63) is 35.4 Å². The Bertz CT molecular complexity index is 635. The lowest BCUT2D eigenvalue weighted by Crippen LogP contribution is -2.62. The van der Waals surface area contributed by atoms with E-state index in [9.17, 15) is 39.5 Å². The molecule has 0 aromatic heterocycles. The highest BCUT2D eigenvalue weighted by atomic mass is 19.4. The third kappa shape index (κ3) is 4.20. The van der Waals surface area contributed by atoms with Crippen LogP contribution in [0.2, 0.25) is 0 Å². The van der Waals surface area contributed by atoms with Crippen LogP contribution in [0.5, 0.6) is 0 Å². The van der Waals surface area contributed by atoms with E-state index in [4.69, 9.17) is 4.74 Å². The smallest absolute Gasteiger partial charge is 0.374 e. The van der Waals surface area contributed by atoms with E-state index in [0.29, 0.717) is 0 Å². The van der Waals surface area contributed by atoms with Crippen molar-refractivity contribution in [2.75, 3.05) is 7.11 Å². The summed E-state index contributed by atoms with van der Waals surface area (Å²) in [4.78, 5) is 0. The van der Waals surface area contributed by atoms with Crippen molar-refractivity contribution < 1.29 is 44.3 Å². The predicted octanol–water partition coefficient (Wildman–Crippen LogP) is 6.53. The van der Waals surface area contributed by atoms with Gasteiger partial charge >= 0.3 is 23.9 Å². The van der Waals surface area contributed by atoms with Crippen molar-refractivity contribution in [3.8, 4) is 0 Å². The molecule has 0 heterocycles. The Labute approximate surface area is 150 Å². The Morgan fingerprint density at radius 2 is 1.26 bits per heavy atom. The molecule has 1 rings (SSSR count). The van der Waals surface area contributed by atoms with E-state index in [-0.39, 0.29) is 11.5 Å². The van der Waals surface area contributed by atoms with Crippen molar-refractivity contribution >= 4 is 0 Å². The third-order valence-corrected chi connectivity index (χ3v) is 4.41. The standard InChI is InChI=1S/C17H19F9O/c1-10(2)11-5-7-12(8-6-11)13(3,27-4)9-14(18,19)15(20,21)16(22,23)17(24,25)26/h5-8,10H,9H2,1-4H3. The Hall–Kier alpha value is -1.45. The first-order chi connectivity index (χ1) is 11.9. The average Bonchev–Trinajstić information content (AvgIpc) is 2.53. The molecule has 0 bridgehead atoms. The van der Waals surface area contributed by atoms with Crippen LogP contribution in [0.3, 0.4) is 0 Å². The fraction of sp³-hybridized carbons (Fsp3) is 0.647. The van der Waals surface area contributed by atoms with Gasteiger partial charge in [-0.25, -0.2) is 0 Å². The quantitative estimate of drug-likeness (QED) is 0.465. The molecule has 0 fully saturated rings. The summed E-state index contributed by atoms with van der Waals surface area (Å²) >= 11 is 0. The highest BCUT2D eigenvalue weighted by Gasteiger charge is 2.82. The maximum atomic E-state index is 14.0. The highest BCUT2D eigenvalue weighted by molar-refractivity contribution is 5.29. The largest absolute Gasteiger partial charge is 0.460 e. The molecular formula is C17H19F9O. The van der Waals surface area contributed by atoms with E-state index in [0.717, 1.165) is 19.6 Å². The molecule has 0 spiro atoms. The number of hydrogen-bond acceptors (Lipinski definition) is 1. The van der Waals surface area contributed by atoms with Gasteiger partial charge in [-0.15, -0.1) is 0 Å². The topological polar surface area (TPSA) is 9.23 Å². The zero-order chi connectivity index (χ0) is 21.5. The van der Waals surface area contributed by atoms with Gasteiger partial charge in [-0.05, 0) is 24.0 Å². The zero-order valence-corrected chi connectivity index (χ0v) is 14.9. The molecule has 0 radical (unpaired) electrons. The second kappa shape index (κ2) is 7.18. The molecule has 0 N–H and O–H groups in total. The summed E-state index contributed by atoms with van der Waals surface area (Å²) in [6.07, 6.45) is -8.93. The normalized spacial score (nSPS) is 16.5. The Morgan fingerprint density at radius 1 is 0.815 bits per heavy atom. The summed E-state index contributed by atoms with van der Waals surface area (Å²) in [5.74, 6) is -19.2. The minimum absolute atomic E-state index is 0.0594. The molecule has 156 valence electrons. The molecule has 27 heavy (non-hydrogen) atoms. The van der Waals surface area contributed by atoms with E-state index < -0.39 is 36.0 Å². The fourth-order valence-electron chi connectivity index (χ4n) is 2.46. The second-order valence-electron chi connectivity index (χ2n) is 6.74. The molecule has 0 saturated carbocycles. The van der Waals surface area contributed by atoms with E-state index in [2.05, 4.69) is 0 Å². The molecule has 1 nitrogen and oxygen atoms in total. The van der Waals surface area contributed by atoms with Gasteiger partial charge in [-0.1, -0.05) is 38.1 Å². The SMILES string of the molecule is COC(C)(CC(F)(F)C(F)(F)C(F)(F)C(F)(F)F)c1ccc(C(C)C)cc1. The van der Waals surface area contributed by atoms with E-state index >= 15 is 0 Å². The van der Waals surface area contributed by atoms with Crippen LogP contribution >= 0.6 is 0 Å². The zero-order valence-electron chi connectivity index (χ0n) is 14.9. The lowest BCUT2D eigenvalue weighted by molar-refractivity contribution is -0.400. The number of methoxy groups -OCH3 is 1. The molecule has 0 aliphatic carbocycles. The van der Waals surface area contributed by atoms with Crippen molar-refractivity contribution in [1.29, 1.82) is 0 Å². The summed E-state index contributed by atoms with van der Waals surface area (Å²) in [6, 6.07) is 5.54. The van der Waals surface area contributed by atoms with Crippen molar-refractivity contribution in [1.82, 2.24) is 0 Å². The summed E-state index contributed by atoms with van der Waals surface area (Å²) in [5, 5.41) is 0. The number of ether oxygens (including phenoxy) is 1. The molecule has 1 atom stereocenters. The summed E-state index contributed by atoms with van der Waals surface area (Å²) in [6.45, 7) is 4.57. The van der Waals surface area contributed by atoms with Gasteiger partial charge in [0.15, 0.2) is 0 Å².